The topological polar surface area (TPSA) is 71.7 Å². The summed E-state index contributed by atoms with van der Waals surface area (Å²) in [6, 6.07) is 9.19. The lowest BCUT2D eigenvalue weighted by molar-refractivity contribution is -0.346. The molecule has 0 aliphatic carbocycles. The molecule has 1 aromatic carbocycles. The molecule has 0 aliphatic heterocycles. The second-order valence-corrected chi connectivity index (χ2v) is 4.53. The summed E-state index contributed by atoms with van der Waals surface area (Å²) in [6.45, 7) is 1.96. The molecule has 102 valence electrons. The molecule has 19 heavy (non-hydrogen) atoms. The minimum atomic E-state index is -1.76. The van der Waals surface area contributed by atoms with Crippen molar-refractivity contribution in [3.8, 4) is 0 Å². The molecule has 0 amide bonds. The Labute approximate surface area is 111 Å². The average molecular weight is 263 g/mol. The molecule has 5 nitrogen and oxygen atoms in total. The number of aromatic nitrogens is 1. The minimum Gasteiger partial charge on any atom is -0.478 e. The lowest BCUT2D eigenvalue weighted by atomic mass is 10.1. The fourth-order valence-corrected chi connectivity index (χ4v) is 2.27. The standard InChI is InChI=1S/C14H17NO4/c1-2-3-9-14(19-18,13(16)17)15-10-8-11-6-4-5-7-12(11)15/h4-8,10,18H,2-3,9H2,1H3,(H,16,17). The zero-order valence-electron chi connectivity index (χ0n) is 10.7. The molecule has 0 radical (unpaired) electrons. The van der Waals surface area contributed by atoms with Crippen molar-refractivity contribution >= 4 is 16.9 Å². The van der Waals surface area contributed by atoms with E-state index in [1.807, 2.05) is 25.1 Å². The van der Waals surface area contributed by atoms with Gasteiger partial charge in [0, 0.05) is 12.6 Å². The highest BCUT2D eigenvalue weighted by atomic mass is 17.1. The van der Waals surface area contributed by atoms with Crippen molar-refractivity contribution in [3.05, 3.63) is 36.5 Å². The number of nitrogens with zero attached hydrogens (tertiary/aromatic N) is 1. The molecule has 0 spiro atoms. The van der Waals surface area contributed by atoms with Crippen molar-refractivity contribution in [2.75, 3.05) is 0 Å². The van der Waals surface area contributed by atoms with E-state index in [-0.39, 0.29) is 6.42 Å². The van der Waals surface area contributed by atoms with Crippen LogP contribution in [0.3, 0.4) is 0 Å². The lowest BCUT2D eigenvalue weighted by Crippen LogP contribution is -2.43. The third kappa shape index (κ3) is 2.22. The van der Waals surface area contributed by atoms with Gasteiger partial charge in [-0.15, -0.1) is 0 Å². The third-order valence-electron chi connectivity index (χ3n) is 3.34. The van der Waals surface area contributed by atoms with E-state index in [2.05, 4.69) is 4.89 Å². The van der Waals surface area contributed by atoms with Crippen LogP contribution in [0, 0.1) is 0 Å². The van der Waals surface area contributed by atoms with E-state index in [0.29, 0.717) is 6.42 Å². The molecule has 1 unspecified atom stereocenters. The second-order valence-electron chi connectivity index (χ2n) is 4.53. The smallest absolute Gasteiger partial charge is 0.360 e. The molecule has 0 aliphatic rings. The van der Waals surface area contributed by atoms with Crippen molar-refractivity contribution in [2.45, 2.75) is 31.9 Å². The SMILES string of the molecule is CCCCC(OO)(C(=O)O)n1ccc2ccccc21. The quantitative estimate of drug-likeness (QED) is 0.620. The van der Waals surface area contributed by atoms with E-state index >= 15 is 0 Å². The van der Waals surface area contributed by atoms with Crippen molar-refractivity contribution in [2.24, 2.45) is 0 Å². The van der Waals surface area contributed by atoms with E-state index in [1.54, 1.807) is 18.3 Å². The third-order valence-corrected chi connectivity index (χ3v) is 3.34. The van der Waals surface area contributed by atoms with E-state index in [1.165, 1.54) is 4.57 Å². The van der Waals surface area contributed by atoms with Gasteiger partial charge in [0.2, 0.25) is 0 Å². The number of carboxylic acid groups (broad SMARTS) is 1. The fraction of sp³-hybridized carbons (Fsp3) is 0.357. The van der Waals surface area contributed by atoms with Gasteiger partial charge in [-0.1, -0.05) is 31.5 Å². The van der Waals surface area contributed by atoms with Crippen LogP contribution in [-0.4, -0.2) is 20.9 Å². The Morgan fingerprint density at radius 2 is 2.11 bits per heavy atom. The Balaban J connectivity index is 2.57. The monoisotopic (exact) mass is 263 g/mol. The largest absolute Gasteiger partial charge is 0.478 e. The predicted molar refractivity (Wildman–Crippen MR) is 70.8 cm³/mol. The summed E-state index contributed by atoms with van der Waals surface area (Å²) in [5.41, 5.74) is -1.05. The van der Waals surface area contributed by atoms with E-state index in [0.717, 1.165) is 17.3 Å². The highest BCUT2D eigenvalue weighted by Crippen LogP contribution is 2.30. The Bertz CT molecular complexity index is 578. The number of aliphatic carboxylic acids is 1. The molecule has 0 bridgehead atoms. The van der Waals surface area contributed by atoms with Gasteiger partial charge in [0.25, 0.3) is 5.72 Å². The van der Waals surface area contributed by atoms with Crippen LogP contribution in [0.2, 0.25) is 0 Å². The first-order valence-electron chi connectivity index (χ1n) is 6.28. The number of unbranched alkanes of at least 4 members (excludes halogenated alkanes) is 1. The molecule has 5 heteroatoms. The van der Waals surface area contributed by atoms with Crippen LogP contribution in [0.15, 0.2) is 36.5 Å². The summed E-state index contributed by atoms with van der Waals surface area (Å²) >= 11 is 0. The number of carboxylic acids is 1. The van der Waals surface area contributed by atoms with Crippen LogP contribution in [0.25, 0.3) is 10.9 Å². The molecule has 2 rings (SSSR count). The minimum absolute atomic E-state index is 0.202. The lowest BCUT2D eigenvalue weighted by Gasteiger charge is -2.28. The Morgan fingerprint density at radius 1 is 1.37 bits per heavy atom. The predicted octanol–water partition coefficient (Wildman–Crippen LogP) is 3.06. The zero-order valence-corrected chi connectivity index (χ0v) is 10.7. The number of para-hydroxylation sites is 1. The average Bonchev–Trinajstić information content (AvgIpc) is 2.84. The summed E-state index contributed by atoms with van der Waals surface area (Å²) in [5.74, 6) is -1.20. The normalized spacial score (nSPS) is 14.4. The summed E-state index contributed by atoms with van der Waals surface area (Å²) in [7, 11) is 0. The van der Waals surface area contributed by atoms with Crippen LogP contribution in [0.5, 0.6) is 0 Å². The van der Waals surface area contributed by atoms with Crippen molar-refractivity contribution in [1.29, 1.82) is 0 Å². The van der Waals surface area contributed by atoms with Crippen LogP contribution in [0.4, 0.5) is 0 Å². The van der Waals surface area contributed by atoms with Gasteiger partial charge in [-0.3, -0.25) is 0 Å². The number of hydrogen-bond acceptors (Lipinski definition) is 3. The van der Waals surface area contributed by atoms with Crippen LogP contribution in [-0.2, 0) is 15.4 Å². The first kappa shape index (κ1) is 13.6. The summed E-state index contributed by atoms with van der Waals surface area (Å²) in [5, 5.41) is 19.6. The summed E-state index contributed by atoms with van der Waals surface area (Å²) in [4.78, 5) is 16.0. The molecule has 0 fully saturated rings. The van der Waals surface area contributed by atoms with E-state index in [9.17, 15) is 15.2 Å². The van der Waals surface area contributed by atoms with Gasteiger partial charge in [-0.25, -0.2) is 10.1 Å². The van der Waals surface area contributed by atoms with Gasteiger partial charge in [0.05, 0.1) is 5.52 Å². The number of carbonyl (C=O) groups is 1. The van der Waals surface area contributed by atoms with Gasteiger partial charge in [0.1, 0.15) is 0 Å². The Hall–Kier alpha value is -1.85. The van der Waals surface area contributed by atoms with Gasteiger partial charge < -0.3 is 9.67 Å². The molecule has 1 aromatic heterocycles. The molecular weight excluding hydrogens is 246 g/mol. The van der Waals surface area contributed by atoms with Gasteiger partial charge >= 0.3 is 5.97 Å². The van der Waals surface area contributed by atoms with Crippen molar-refractivity contribution in [1.82, 2.24) is 4.57 Å². The van der Waals surface area contributed by atoms with Crippen LogP contribution >= 0.6 is 0 Å². The maximum absolute atomic E-state index is 11.6. The molecule has 1 atom stereocenters. The van der Waals surface area contributed by atoms with Gasteiger partial charge in [-0.2, -0.15) is 4.89 Å². The maximum atomic E-state index is 11.6. The first-order valence-corrected chi connectivity index (χ1v) is 6.28. The number of hydrogen-bond donors (Lipinski definition) is 2. The fourth-order valence-electron chi connectivity index (χ4n) is 2.27. The van der Waals surface area contributed by atoms with Crippen molar-refractivity contribution in [3.63, 3.8) is 0 Å². The van der Waals surface area contributed by atoms with E-state index < -0.39 is 11.7 Å². The van der Waals surface area contributed by atoms with Crippen LogP contribution < -0.4 is 0 Å². The second kappa shape index (κ2) is 5.42. The highest BCUT2D eigenvalue weighted by Gasteiger charge is 2.42. The molecule has 1 heterocycles. The number of fused-ring (bicyclic) bond motifs is 1. The number of benzene rings is 1. The summed E-state index contributed by atoms with van der Waals surface area (Å²) < 4.78 is 1.47. The van der Waals surface area contributed by atoms with E-state index in [4.69, 9.17) is 0 Å². The maximum Gasteiger partial charge on any atom is 0.360 e. The molecule has 0 saturated carbocycles. The van der Waals surface area contributed by atoms with Gasteiger partial charge in [0.15, 0.2) is 0 Å². The molecular formula is C14H17NO4. The number of rotatable bonds is 6. The summed E-state index contributed by atoms with van der Waals surface area (Å²) in [6.07, 6.45) is 3.29. The molecule has 0 saturated heterocycles. The molecule has 2 aromatic rings. The Morgan fingerprint density at radius 3 is 2.74 bits per heavy atom. The van der Waals surface area contributed by atoms with Crippen molar-refractivity contribution < 1.29 is 20.0 Å². The van der Waals surface area contributed by atoms with Crippen LogP contribution in [0.1, 0.15) is 26.2 Å². The first-order chi connectivity index (χ1) is 9.15. The zero-order chi connectivity index (χ0) is 13.9. The Kier molecular flexibility index (Phi) is 3.87. The highest BCUT2D eigenvalue weighted by molar-refractivity contribution is 5.84. The van der Waals surface area contributed by atoms with Gasteiger partial charge in [-0.05, 0) is 23.9 Å². The molecule has 2 N–H and O–H groups in total.